The predicted octanol–water partition coefficient (Wildman–Crippen LogP) is 2.41. The Bertz CT molecular complexity index is 349. The summed E-state index contributed by atoms with van der Waals surface area (Å²) in [6.45, 7) is 7.29. The normalized spacial score (nSPS) is 10.3. The van der Waals surface area contributed by atoms with Crippen molar-refractivity contribution >= 4 is 34.1 Å². The maximum Gasteiger partial charge on any atom is 0.228 e. The quantitative estimate of drug-likeness (QED) is 0.490. The van der Waals surface area contributed by atoms with Crippen LogP contribution in [0.2, 0.25) is 0 Å². The number of aromatic nitrogens is 2. The van der Waals surface area contributed by atoms with E-state index >= 15 is 0 Å². The second kappa shape index (κ2) is 5.87. The van der Waals surface area contributed by atoms with Gasteiger partial charge in [0.15, 0.2) is 4.34 Å². The van der Waals surface area contributed by atoms with E-state index in [0.717, 1.165) is 10.1 Å². The Morgan fingerprint density at radius 1 is 1.67 bits per heavy atom. The van der Waals surface area contributed by atoms with Crippen LogP contribution in [0, 0.1) is 5.92 Å². The molecule has 1 aromatic heterocycles. The predicted molar refractivity (Wildman–Crippen MR) is 64.3 cm³/mol. The number of anilines is 1. The summed E-state index contributed by atoms with van der Waals surface area (Å²) in [6, 6.07) is 0. The number of nitrogens with one attached hydrogen (secondary N) is 1. The fourth-order valence-electron chi connectivity index (χ4n) is 0.699. The minimum Gasteiger partial charge on any atom is -0.300 e. The Hall–Kier alpha value is -0.880. The lowest BCUT2D eigenvalue weighted by atomic mass is 10.2. The van der Waals surface area contributed by atoms with E-state index in [4.69, 9.17) is 0 Å². The average Bonchev–Trinajstić information content (AvgIpc) is 2.62. The highest BCUT2D eigenvalue weighted by Crippen LogP contribution is 2.25. The molecule has 0 aliphatic heterocycles. The van der Waals surface area contributed by atoms with Crippen LogP contribution in [-0.4, -0.2) is 21.9 Å². The van der Waals surface area contributed by atoms with Crippen LogP contribution < -0.4 is 5.32 Å². The van der Waals surface area contributed by atoms with E-state index in [1.54, 1.807) is 17.8 Å². The Kier molecular flexibility index (Phi) is 4.77. The zero-order valence-electron chi connectivity index (χ0n) is 8.69. The molecule has 0 unspecified atom stereocenters. The van der Waals surface area contributed by atoms with E-state index in [9.17, 15) is 4.79 Å². The monoisotopic (exact) mass is 243 g/mol. The van der Waals surface area contributed by atoms with Gasteiger partial charge < -0.3 is 5.32 Å². The largest absolute Gasteiger partial charge is 0.300 e. The first-order valence-electron chi connectivity index (χ1n) is 4.51. The topological polar surface area (TPSA) is 54.9 Å². The first-order chi connectivity index (χ1) is 7.13. The van der Waals surface area contributed by atoms with E-state index in [2.05, 4.69) is 22.1 Å². The molecule has 1 heterocycles. The summed E-state index contributed by atoms with van der Waals surface area (Å²) in [5.41, 5.74) is 0. The fraction of sp³-hybridized carbons (Fsp3) is 0.444. The lowest BCUT2D eigenvalue weighted by Gasteiger charge is -2.02. The molecule has 0 bridgehead atoms. The fourth-order valence-corrected chi connectivity index (χ4v) is 2.21. The molecule has 82 valence electrons. The van der Waals surface area contributed by atoms with Gasteiger partial charge in [0.1, 0.15) is 0 Å². The third kappa shape index (κ3) is 4.01. The molecule has 4 nitrogen and oxygen atoms in total. The van der Waals surface area contributed by atoms with Gasteiger partial charge >= 0.3 is 0 Å². The number of hydrogen-bond donors (Lipinski definition) is 1. The van der Waals surface area contributed by atoms with Gasteiger partial charge in [-0.05, 0) is 0 Å². The van der Waals surface area contributed by atoms with Gasteiger partial charge in [-0.15, -0.1) is 16.8 Å². The van der Waals surface area contributed by atoms with Crippen LogP contribution in [0.3, 0.4) is 0 Å². The molecule has 0 aromatic carbocycles. The van der Waals surface area contributed by atoms with Crippen molar-refractivity contribution in [3.8, 4) is 0 Å². The van der Waals surface area contributed by atoms with Gasteiger partial charge in [-0.2, -0.15) is 0 Å². The maximum absolute atomic E-state index is 11.3. The highest BCUT2D eigenvalue weighted by atomic mass is 32.2. The highest BCUT2D eigenvalue weighted by Gasteiger charge is 2.10. The molecule has 0 atom stereocenters. The zero-order chi connectivity index (χ0) is 11.3. The van der Waals surface area contributed by atoms with Crippen molar-refractivity contribution < 1.29 is 4.79 Å². The number of hydrogen-bond acceptors (Lipinski definition) is 5. The van der Waals surface area contributed by atoms with Crippen LogP contribution in [0.15, 0.2) is 17.0 Å². The summed E-state index contributed by atoms with van der Waals surface area (Å²) < 4.78 is 0.842. The molecule has 0 saturated heterocycles. The first kappa shape index (κ1) is 12.2. The molecule has 15 heavy (non-hydrogen) atoms. The summed E-state index contributed by atoms with van der Waals surface area (Å²) in [7, 11) is 0. The number of amides is 1. The first-order valence-corrected chi connectivity index (χ1v) is 6.31. The molecule has 0 spiro atoms. The zero-order valence-corrected chi connectivity index (χ0v) is 10.3. The van der Waals surface area contributed by atoms with Gasteiger partial charge in [0, 0.05) is 11.7 Å². The summed E-state index contributed by atoms with van der Waals surface area (Å²) in [5.74, 6) is 0.719. The molecular weight excluding hydrogens is 230 g/mol. The van der Waals surface area contributed by atoms with Crippen molar-refractivity contribution in [2.45, 2.75) is 18.2 Å². The number of thioether (sulfide) groups is 1. The van der Waals surface area contributed by atoms with Gasteiger partial charge in [-0.1, -0.05) is 43.0 Å². The van der Waals surface area contributed by atoms with Crippen LogP contribution in [0.4, 0.5) is 5.13 Å². The molecule has 0 aliphatic rings. The van der Waals surface area contributed by atoms with Gasteiger partial charge in [0.2, 0.25) is 11.0 Å². The van der Waals surface area contributed by atoms with Crippen molar-refractivity contribution in [2.75, 3.05) is 11.1 Å². The molecule has 0 aliphatic carbocycles. The summed E-state index contributed by atoms with van der Waals surface area (Å²) >= 11 is 2.93. The van der Waals surface area contributed by atoms with Gasteiger partial charge in [-0.3, -0.25) is 4.79 Å². The molecule has 1 aromatic rings. The number of carbonyl (C=O) groups excluding carboxylic acids is 1. The Labute approximate surface area is 97.2 Å². The van der Waals surface area contributed by atoms with Crippen molar-refractivity contribution in [2.24, 2.45) is 5.92 Å². The van der Waals surface area contributed by atoms with Crippen LogP contribution >= 0.6 is 23.1 Å². The molecule has 0 fully saturated rings. The SMILES string of the molecule is C=CCSc1nnc(NC(=O)C(C)C)s1. The van der Waals surface area contributed by atoms with Crippen LogP contribution in [0.5, 0.6) is 0 Å². The molecule has 6 heteroatoms. The summed E-state index contributed by atoms with van der Waals surface area (Å²) in [6.07, 6.45) is 1.80. The van der Waals surface area contributed by atoms with Gasteiger partial charge in [0.25, 0.3) is 0 Å². The Balaban J connectivity index is 2.52. The molecular formula is C9H13N3OS2. The van der Waals surface area contributed by atoms with Crippen molar-refractivity contribution in [3.63, 3.8) is 0 Å². The Morgan fingerprint density at radius 2 is 2.40 bits per heavy atom. The van der Waals surface area contributed by atoms with Crippen molar-refractivity contribution in [1.29, 1.82) is 0 Å². The molecule has 0 saturated carbocycles. The summed E-state index contributed by atoms with van der Waals surface area (Å²) in [5, 5.41) is 11.1. The number of rotatable bonds is 5. The van der Waals surface area contributed by atoms with Crippen LogP contribution in [0.25, 0.3) is 0 Å². The Morgan fingerprint density at radius 3 is 3.00 bits per heavy atom. The van der Waals surface area contributed by atoms with E-state index in [1.165, 1.54) is 11.3 Å². The van der Waals surface area contributed by atoms with E-state index in [1.807, 2.05) is 13.8 Å². The standard InChI is InChI=1S/C9H13N3OS2/c1-4-5-14-9-12-11-8(15-9)10-7(13)6(2)3/h4,6H,1,5H2,2-3H3,(H,10,11,13). The van der Waals surface area contributed by atoms with E-state index in [0.29, 0.717) is 5.13 Å². The van der Waals surface area contributed by atoms with Crippen LogP contribution in [0.1, 0.15) is 13.8 Å². The highest BCUT2D eigenvalue weighted by molar-refractivity contribution is 8.01. The van der Waals surface area contributed by atoms with Crippen molar-refractivity contribution in [1.82, 2.24) is 10.2 Å². The second-order valence-corrected chi connectivity index (χ2v) is 5.36. The third-order valence-electron chi connectivity index (χ3n) is 1.49. The smallest absolute Gasteiger partial charge is 0.228 e. The van der Waals surface area contributed by atoms with Crippen LogP contribution in [-0.2, 0) is 4.79 Å². The summed E-state index contributed by atoms with van der Waals surface area (Å²) in [4.78, 5) is 11.3. The number of carbonyl (C=O) groups is 1. The molecule has 1 N–H and O–H groups in total. The minimum absolute atomic E-state index is 0.0357. The maximum atomic E-state index is 11.3. The van der Waals surface area contributed by atoms with E-state index in [-0.39, 0.29) is 11.8 Å². The number of nitrogens with zero attached hydrogens (tertiary/aromatic N) is 2. The molecule has 1 amide bonds. The van der Waals surface area contributed by atoms with Gasteiger partial charge in [-0.25, -0.2) is 0 Å². The molecule has 1 rings (SSSR count). The van der Waals surface area contributed by atoms with E-state index < -0.39 is 0 Å². The van der Waals surface area contributed by atoms with Gasteiger partial charge in [0.05, 0.1) is 0 Å². The van der Waals surface area contributed by atoms with Crippen molar-refractivity contribution in [3.05, 3.63) is 12.7 Å². The third-order valence-corrected chi connectivity index (χ3v) is 3.45. The lowest BCUT2D eigenvalue weighted by Crippen LogP contribution is -2.17. The minimum atomic E-state index is -0.0434. The average molecular weight is 243 g/mol. The molecule has 0 radical (unpaired) electrons. The second-order valence-electron chi connectivity index (χ2n) is 3.12. The lowest BCUT2D eigenvalue weighted by molar-refractivity contribution is -0.118.